The second-order valence-electron chi connectivity index (χ2n) is 4.26. The fraction of sp³-hybridized carbons (Fsp3) is 0.385. The molecule has 1 aromatic rings. The van der Waals surface area contributed by atoms with Gasteiger partial charge >= 0.3 is 0 Å². The van der Waals surface area contributed by atoms with E-state index in [2.05, 4.69) is 0 Å². The molecule has 0 saturated carbocycles. The lowest BCUT2D eigenvalue weighted by Crippen LogP contribution is -2.43. The number of benzene rings is 1. The van der Waals surface area contributed by atoms with Gasteiger partial charge in [-0.1, -0.05) is 30.4 Å². The Kier molecular flexibility index (Phi) is 4.23. The summed E-state index contributed by atoms with van der Waals surface area (Å²) in [5, 5.41) is 0. The molecule has 1 rings (SSSR count). The fourth-order valence-corrected chi connectivity index (χ4v) is 1.85. The standard InChI is InChI=1S/C13H18N2OS/c1-8-6-5-7-9(2)11(8)13(16)15(4)10(3)12(14)17/h5-7,10H,1-4H3,(H2,14,17). The zero-order valence-corrected chi connectivity index (χ0v) is 11.5. The average molecular weight is 250 g/mol. The van der Waals surface area contributed by atoms with Crippen molar-refractivity contribution < 1.29 is 4.79 Å². The summed E-state index contributed by atoms with van der Waals surface area (Å²) in [4.78, 5) is 14.2. The molecule has 0 aliphatic heterocycles. The van der Waals surface area contributed by atoms with E-state index < -0.39 is 0 Å². The molecule has 17 heavy (non-hydrogen) atoms. The van der Waals surface area contributed by atoms with Crippen molar-refractivity contribution in [2.24, 2.45) is 5.73 Å². The summed E-state index contributed by atoms with van der Waals surface area (Å²) in [6.45, 7) is 5.69. The van der Waals surface area contributed by atoms with E-state index in [-0.39, 0.29) is 11.9 Å². The smallest absolute Gasteiger partial charge is 0.254 e. The Hall–Kier alpha value is -1.42. The molecular weight excluding hydrogens is 232 g/mol. The Bertz CT molecular complexity index is 436. The first-order valence-electron chi connectivity index (χ1n) is 5.49. The maximum atomic E-state index is 12.3. The van der Waals surface area contributed by atoms with Crippen LogP contribution in [-0.2, 0) is 0 Å². The van der Waals surface area contributed by atoms with Gasteiger partial charge in [0.15, 0.2) is 0 Å². The molecule has 3 nitrogen and oxygen atoms in total. The Morgan fingerprint density at radius 1 is 1.35 bits per heavy atom. The first-order valence-corrected chi connectivity index (χ1v) is 5.89. The highest BCUT2D eigenvalue weighted by Crippen LogP contribution is 2.16. The normalized spacial score (nSPS) is 12.0. The van der Waals surface area contributed by atoms with Crippen molar-refractivity contribution in [2.75, 3.05) is 7.05 Å². The van der Waals surface area contributed by atoms with Crippen LogP contribution >= 0.6 is 12.2 Å². The Morgan fingerprint density at radius 2 is 1.82 bits per heavy atom. The van der Waals surface area contributed by atoms with E-state index in [1.165, 1.54) is 0 Å². The van der Waals surface area contributed by atoms with Crippen LogP contribution in [-0.4, -0.2) is 28.9 Å². The number of carbonyl (C=O) groups excluding carboxylic acids is 1. The van der Waals surface area contributed by atoms with Crippen molar-refractivity contribution in [3.8, 4) is 0 Å². The van der Waals surface area contributed by atoms with Crippen molar-refractivity contribution >= 4 is 23.1 Å². The molecule has 1 atom stereocenters. The zero-order chi connectivity index (χ0) is 13.2. The number of likely N-dealkylation sites (N-methyl/N-ethyl adjacent to an activating group) is 1. The van der Waals surface area contributed by atoms with Crippen LogP contribution in [0.5, 0.6) is 0 Å². The van der Waals surface area contributed by atoms with Gasteiger partial charge < -0.3 is 10.6 Å². The summed E-state index contributed by atoms with van der Waals surface area (Å²) in [7, 11) is 1.72. The molecule has 0 saturated heterocycles. The second kappa shape index (κ2) is 5.27. The van der Waals surface area contributed by atoms with Gasteiger partial charge in [0.05, 0.1) is 11.0 Å². The number of nitrogens with two attached hydrogens (primary N) is 1. The quantitative estimate of drug-likeness (QED) is 0.835. The van der Waals surface area contributed by atoms with Crippen LogP contribution in [0.15, 0.2) is 18.2 Å². The number of hydrogen-bond donors (Lipinski definition) is 1. The van der Waals surface area contributed by atoms with E-state index in [0.29, 0.717) is 4.99 Å². The largest absolute Gasteiger partial charge is 0.392 e. The van der Waals surface area contributed by atoms with Gasteiger partial charge in [-0.15, -0.1) is 0 Å². The van der Waals surface area contributed by atoms with Crippen LogP contribution in [0.2, 0.25) is 0 Å². The van der Waals surface area contributed by atoms with E-state index in [9.17, 15) is 4.79 Å². The molecule has 92 valence electrons. The monoisotopic (exact) mass is 250 g/mol. The van der Waals surface area contributed by atoms with Crippen LogP contribution in [0.3, 0.4) is 0 Å². The van der Waals surface area contributed by atoms with Gasteiger partial charge in [-0.05, 0) is 31.9 Å². The van der Waals surface area contributed by atoms with Gasteiger partial charge in [-0.3, -0.25) is 4.79 Å². The highest BCUT2D eigenvalue weighted by atomic mass is 32.1. The molecular formula is C13H18N2OS. The summed E-state index contributed by atoms with van der Waals surface area (Å²) in [6.07, 6.45) is 0. The summed E-state index contributed by atoms with van der Waals surface area (Å²) in [6, 6.07) is 5.56. The van der Waals surface area contributed by atoms with E-state index in [4.69, 9.17) is 18.0 Å². The van der Waals surface area contributed by atoms with Crippen molar-refractivity contribution in [2.45, 2.75) is 26.8 Å². The van der Waals surface area contributed by atoms with Crippen LogP contribution in [0, 0.1) is 13.8 Å². The minimum atomic E-state index is -0.239. The number of rotatable bonds is 3. The highest BCUT2D eigenvalue weighted by Gasteiger charge is 2.21. The summed E-state index contributed by atoms with van der Waals surface area (Å²) < 4.78 is 0. The van der Waals surface area contributed by atoms with Gasteiger partial charge in [0.2, 0.25) is 0 Å². The molecule has 0 radical (unpaired) electrons. The molecule has 2 N–H and O–H groups in total. The van der Waals surface area contributed by atoms with Crippen LogP contribution in [0.1, 0.15) is 28.4 Å². The lowest BCUT2D eigenvalue weighted by atomic mass is 10.0. The van der Waals surface area contributed by atoms with Crippen molar-refractivity contribution in [3.05, 3.63) is 34.9 Å². The molecule has 1 aromatic carbocycles. The van der Waals surface area contributed by atoms with Crippen LogP contribution in [0.4, 0.5) is 0 Å². The highest BCUT2D eigenvalue weighted by molar-refractivity contribution is 7.80. The van der Waals surface area contributed by atoms with Gasteiger partial charge in [0.1, 0.15) is 0 Å². The molecule has 0 heterocycles. The lowest BCUT2D eigenvalue weighted by Gasteiger charge is -2.25. The summed E-state index contributed by atoms with van der Waals surface area (Å²) >= 11 is 4.91. The number of thiocarbonyl (C=S) groups is 1. The van der Waals surface area contributed by atoms with Crippen molar-refractivity contribution in [3.63, 3.8) is 0 Å². The lowest BCUT2D eigenvalue weighted by molar-refractivity contribution is 0.0777. The summed E-state index contributed by atoms with van der Waals surface area (Å²) in [5.41, 5.74) is 8.24. The van der Waals surface area contributed by atoms with E-state index in [0.717, 1.165) is 16.7 Å². The number of carbonyl (C=O) groups is 1. The van der Waals surface area contributed by atoms with Gasteiger partial charge in [0.25, 0.3) is 5.91 Å². The molecule has 1 unspecified atom stereocenters. The molecule has 0 aromatic heterocycles. The SMILES string of the molecule is Cc1cccc(C)c1C(=O)N(C)C(C)C(N)=S. The van der Waals surface area contributed by atoms with Gasteiger partial charge in [-0.25, -0.2) is 0 Å². The minimum Gasteiger partial charge on any atom is -0.392 e. The Balaban J connectivity index is 3.09. The molecule has 4 heteroatoms. The maximum absolute atomic E-state index is 12.3. The zero-order valence-electron chi connectivity index (χ0n) is 10.7. The predicted molar refractivity (Wildman–Crippen MR) is 74.3 cm³/mol. The minimum absolute atomic E-state index is 0.0408. The number of aryl methyl sites for hydroxylation is 2. The first-order chi connectivity index (χ1) is 7.86. The van der Waals surface area contributed by atoms with Gasteiger partial charge in [0, 0.05) is 12.6 Å². The van der Waals surface area contributed by atoms with Crippen molar-refractivity contribution in [1.82, 2.24) is 4.90 Å². The van der Waals surface area contributed by atoms with Gasteiger partial charge in [-0.2, -0.15) is 0 Å². The topological polar surface area (TPSA) is 46.3 Å². The second-order valence-corrected chi connectivity index (χ2v) is 4.73. The molecule has 0 fully saturated rings. The number of amides is 1. The fourth-order valence-electron chi connectivity index (χ4n) is 1.69. The molecule has 0 aliphatic carbocycles. The van der Waals surface area contributed by atoms with Crippen LogP contribution in [0.25, 0.3) is 0 Å². The maximum Gasteiger partial charge on any atom is 0.254 e. The predicted octanol–water partition coefficient (Wildman–Crippen LogP) is 2.05. The van der Waals surface area contributed by atoms with Crippen LogP contribution < -0.4 is 5.73 Å². The third kappa shape index (κ3) is 2.82. The Labute approximate surface area is 108 Å². The number of nitrogens with zero attached hydrogens (tertiary/aromatic N) is 1. The molecule has 0 aliphatic rings. The number of hydrogen-bond acceptors (Lipinski definition) is 2. The third-order valence-corrected chi connectivity index (χ3v) is 3.35. The van der Waals surface area contributed by atoms with E-state index in [1.54, 1.807) is 11.9 Å². The van der Waals surface area contributed by atoms with Crippen molar-refractivity contribution in [1.29, 1.82) is 0 Å². The first kappa shape index (κ1) is 13.6. The Morgan fingerprint density at radius 3 is 2.24 bits per heavy atom. The molecule has 1 amide bonds. The summed E-state index contributed by atoms with van der Waals surface area (Å²) in [5.74, 6) is -0.0408. The van der Waals surface area contributed by atoms with E-state index in [1.807, 2.05) is 39.0 Å². The average Bonchev–Trinajstić information content (AvgIpc) is 2.26. The molecule has 0 bridgehead atoms. The molecule has 0 spiro atoms. The third-order valence-electron chi connectivity index (χ3n) is 3.01. The van der Waals surface area contributed by atoms with E-state index >= 15 is 0 Å².